The van der Waals surface area contributed by atoms with Crippen LogP contribution in [0.15, 0.2) is 34.7 Å². The van der Waals surface area contributed by atoms with Gasteiger partial charge in [-0.15, -0.1) is 28.1 Å². The predicted octanol–water partition coefficient (Wildman–Crippen LogP) is 3.95. The van der Waals surface area contributed by atoms with Gasteiger partial charge in [-0.3, -0.25) is 14.5 Å². The van der Waals surface area contributed by atoms with Gasteiger partial charge in [0, 0.05) is 23.2 Å². The number of thiophene rings is 1. The summed E-state index contributed by atoms with van der Waals surface area (Å²) in [4.78, 5) is 23.4. The lowest BCUT2D eigenvalue weighted by molar-refractivity contribution is 0.217. The second kappa shape index (κ2) is 8.70. The summed E-state index contributed by atoms with van der Waals surface area (Å²) in [5.74, 6) is 2.42. The largest absolute Gasteiger partial charge is 0.368 e. The molecule has 34 heavy (non-hydrogen) atoms. The first-order valence-electron chi connectivity index (χ1n) is 11.3. The van der Waals surface area contributed by atoms with Gasteiger partial charge in [0.05, 0.1) is 10.6 Å². The number of nitrogens with zero attached hydrogens (tertiary/aromatic N) is 6. The second-order valence-electron chi connectivity index (χ2n) is 9.69. The number of hydrogen-bond acceptors (Lipinski definition) is 8. The van der Waals surface area contributed by atoms with Gasteiger partial charge in [-0.25, -0.2) is 4.98 Å². The molecule has 1 aliphatic rings. The Morgan fingerprint density at radius 3 is 2.91 bits per heavy atom. The molecule has 0 saturated carbocycles. The van der Waals surface area contributed by atoms with Gasteiger partial charge in [-0.1, -0.05) is 38.6 Å². The van der Waals surface area contributed by atoms with Crippen LogP contribution in [0, 0.1) is 11.3 Å². The summed E-state index contributed by atoms with van der Waals surface area (Å²) in [6.45, 7) is 11.5. The molecular formula is C23H28N8OS2. The molecule has 178 valence electrons. The highest BCUT2D eigenvalue weighted by atomic mass is 32.2. The van der Waals surface area contributed by atoms with Gasteiger partial charge in [0.1, 0.15) is 0 Å². The normalized spacial score (nSPS) is 16.1. The van der Waals surface area contributed by atoms with Crippen LogP contribution in [0.4, 0.5) is 5.95 Å². The van der Waals surface area contributed by atoms with Crippen molar-refractivity contribution in [3.63, 3.8) is 0 Å². The maximum absolute atomic E-state index is 12.3. The van der Waals surface area contributed by atoms with E-state index in [9.17, 15) is 4.79 Å². The Bertz CT molecular complexity index is 1420. The van der Waals surface area contributed by atoms with Crippen molar-refractivity contribution in [3.05, 3.63) is 51.3 Å². The van der Waals surface area contributed by atoms with Crippen LogP contribution in [-0.2, 0) is 25.1 Å². The maximum Gasteiger partial charge on any atom is 0.274 e. The third-order valence-corrected chi connectivity index (χ3v) is 8.54. The van der Waals surface area contributed by atoms with E-state index in [0.29, 0.717) is 29.3 Å². The number of nitrogen functional groups attached to an aromatic ring is 1. The van der Waals surface area contributed by atoms with Gasteiger partial charge in [0.15, 0.2) is 11.0 Å². The van der Waals surface area contributed by atoms with Crippen molar-refractivity contribution in [3.8, 4) is 10.7 Å². The summed E-state index contributed by atoms with van der Waals surface area (Å²) < 4.78 is 3.30. The summed E-state index contributed by atoms with van der Waals surface area (Å²) >= 11 is 3.31. The van der Waals surface area contributed by atoms with Crippen molar-refractivity contribution in [2.75, 3.05) is 5.73 Å². The molecule has 4 aromatic heterocycles. The van der Waals surface area contributed by atoms with Crippen molar-refractivity contribution < 1.29 is 0 Å². The van der Waals surface area contributed by atoms with E-state index in [2.05, 4.69) is 63.2 Å². The smallest absolute Gasteiger partial charge is 0.274 e. The van der Waals surface area contributed by atoms with E-state index in [-0.39, 0.29) is 17.3 Å². The topological polar surface area (TPSA) is 120 Å². The number of rotatable bonds is 6. The van der Waals surface area contributed by atoms with Crippen LogP contribution in [0.1, 0.15) is 43.3 Å². The molecule has 0 aliphatic heterocycles. The Labute approximate surface area is 205 Å². The Kier molecular flexibility index (Phi) is 5.85. The fourth-order valence-corrected chi connectivity index (χ4v) is 6.44. The minimum absolute atomic E-state index is 0.150. The Hall–Kier alpha value is -2.92. The first-order chi connectivity index (χ1) is 16.2. The van der Waals surface area contributed by atoms with E-state index < -0.39 is 0 Å². The van der Waals surface area contributed by atoms with Crippen LogP contribution in [0.25, 0.3) is 16.5 Å². The minimum atomic E-state index is -0.254. The molecule has 0 fully saturated rings. The van der Waals surface area contributed by atoms with Gasteiger partial charge in [-0.2, -0.15) is 9.50 Å². The number of hydrogen-bond donors (Lipinski definition) is 2. The molecule has 5 rings (SSSR count). The Balaban J connectivity index is 1.40. The molecular weight excluding hydrogens is 468 g/mol. The third-order valence-electron chi connectivity index (χ3n) is 6.31. The van der Waals surface area contributed by atoms with Gasteiger partial charge >= 0.3 is 0 Å². The average Bonchev–Trinajstić information content (AvgIpc) is 3.47. The molecule has 0 aromatic carbocycles. The fraction of sp³-hybridized carbons (Fsp3) is 0.435. The Morgan fingerprint density at radius 1 is 1.32 bits per heavy atom. The zero-order valence-corrected chi connectivity index (χ0v) is 21.2. The van der Waals surface area contributed by atoms with Crippen molar-refractivity contribution in [1.29, 1.82) is 0 Å². The van der Waals surface area contributed by atoms with Gasteiger partial charge in [-0.05, 0) is 42.2 Å². The lowest BCUT2D eigenvalue weighted by Crippen LogP contribution is -2.26. The zero-order chi connectivity index (χ0) is 24.0. The highest BCUT2D eigenvalue weighted by Crippen LogP contribution is 2.42. The standard InChI is InChI=1S/C23H28N8OS2/c1-5-8-30-19(17-10-13-9-14(23(2,3)4)6-7-16(13)34-17)27-28-22(30)33-12-15-11-18(32)31-21(25-15)26-20(24)29-31/h5,10-11,14H,1,6-9,12H2,2-4H3,(H3,24,25,26,29). The van der Waals surface area contributed by atoms with Crippen molar-refractivity contribution in [2.24, 2.45) is 11.3 Å². The SMILES string of the molecule is C=CCn1c(SCc2cc(=O)n3[nH]c(N)nc3n2)nnc1-c1cc2c(s1)CCC(C(C)(C)C)C2. The molecule has 1 atom stereocenters. The van der Waals surface area contributed by atoms with E-state index in [0.717, 1.165) is 28.7 Å². The number of aromatic amines is 1. The molecule has 4 heterocycles. The van der Waals surface area contributed by atoms with Crippen LogP contribution in [0.5, 0.6) is 0 Å². The molecule has 1 aliphatic carbocycles. The molecule has 11 heteroatoms. The maximum atomic E-state index is 12.3. The van der Waals surface area contributed by atoms with Crippen LogP contribution >= 0.6 is 23.1 Å². The molecule has 9 nitrogen and oxygen atoms in total. The summed E-state index contributed by atoms with van der Waals surface area (Å²) in [5.41, 5.74) is 7.76. The quantitative estimate of drug-likeness (QED) is 0.306. The van der Waals surface area contributed by atoms with Gasteiger partial charge < -0.3 is 5.73 Å². The molecule has 0 saturated heterocycles. The number of nitrogens with one attached hydrogen (secondary N) is 1. The van der Waals surface area contributed by atoms with Crippen LogP contribution in [0.2, 0.25) is 0 Å². The van der Waals surface area contributed by atoms with Crippen molar-refractivity contribution in [1.82, 2.24) is 34.3 Å². The number of nitrogens with two attached hydrogens (primary N) is 1. The van der Waals surface area contributed by atoms with Crippen LogP contribution in [0.3, 0.4) is 0 Å². The number of aromatic nitrogens is 7. The minimum Gasteiger partial charge on any atom is -0.368 e. The zero-order valence-electron chi connectivity index (χ0n) is 19.5. The monoisotopic (exact) mass is 496 g/mol. The van der Waals surface area contributed by atoms with Gasteiger partial charge in [0.2, 0.25) is 5.95 Å². The summed E-state index contributed by atoms with van der Waals surface area (Å²) in [6, 6.07) is 3.78. The molecule has 3 N–H and O–H groups in total. The molecule has 4 aromatic rings. The Morgan fingerprint density at radius 2 is 2.15 bits per heavy atom. The highest BCUT2D eigenvalue weighted by Gasteiger charge is 2.30. The van der Waals surface area contributed by atoms with E-state index in [1.54, 1.807) is 0 Å². The molecule has 0 radical (unpaired) electrons. The van der Waals surface area contributed by atoms with E-state index in [4.69, 9.17) is 5.73 Å². The first-order valence-corrected chi connectivity index (χ1v) is 13.1. The number of thioether (sulfide) groups is 1. The number of fused-ring (bicyclic) bond motifs is 2. The molecule has 0 amide bonds. The predicted molar refractivity (Wildman–Crippen MR) is 136 cm³/mol. The van der Waals surface area contributed by atoms with E-state index in [1.807, 2.05) is 17.4 Å². The lowest BCUT2D eigenvalue weighted by Gasteiger charge is -2.33. The van der Waals surface area contributed by atoms with Crippen LogP contribution < -0.4 is 11.3 Å². The van der Waals surface area contributed by atoms with Crippen LogP contribution in [-0.4, -0.2) is 34.3 Å². The molecule has 1 unspecified atom stereocenters. The fourth-order valence-electron chi connectivity index (χ4n) is 4.40. The molecule has 0 spiro atoms. The summed E-state index contributed by atoms with van der Waals surface area (Å²) in [6.07, 6.45) is 5.33. The number of anilines is 1. The van der Waals surface area contributed by atoms with E-state index >= 15 is 0 Å². The lowest BCUT2D eigenvalue weighted by atomic mass is 9.72. The van der Waals surface area contributed by atoms with E-state index in [1.165, 1.54) is 39.2 Å². The second-order valence-corrected chi connectivity index (χ2v) is 11.8. The van der Waals surface area contributed by atoms with Crippen molar-refractivity contribution >= 4 is 34.8 Å². The van der Waals surface area contributed by atoms with Crippen molar-refractivity contribution in [2.45, 2.75) is 57.5 Å². The third kappa shape index (κ3) is 4.29. The average molecular weight is 497 g/mol. The van der Waals surface area contributed by atoms with Gasteiger partial charge in [0.25, 0.3) is 11.3 Å². The number of allylic oxidation sites excluding steroid dienone is 1. The number of aryl methyl sites for hydroxylation is 1. The first kappa shape index (κ1) is 22.9. The summed E-state index contributed by atoms with van der Waals surface area (Å²) in [5, 5.41) is 12.4. The molecule has 0 bridgehead atoms. The highest BCUT2D eigenvalue weighted by molar-refractivity contribution is 7.98. The summed E-state index contributed by atoms with van der Waals surface area (Å²) in [7, 11) is 0. The number of H-pyrrole nitrogens is 1.